The lowest BCUT2D eigenvalue weighted by atomic mass is 9.44. The lowest BCUT2D eigenvalue weighted by molar-refractivity contribution is -0.179. The Balaban J connectivity index is 1.43. The first kappa shape index (κ1) is 21.6. The molecule has 6 nitrogen and oxygen atoms in total. The van der Waals surface area contributed by atoms with Crippen molar-refractivity contribution in [3.8, 4) is 0 Å². The Labute approximate surface area is 191 Å². The Kier molecular flexibility index (Phi) is 4.46. The van der Waals surface area contributed by atoms with E-state index < -0.39 is 10.1 Å². The van der Waals surface area contributed by atoms with Crippen molar-refractivity contribution in [2.24, 2.45) is 46.3 Å². The zero-order valence-electron chi connectivity index (χ0n) is 19.4. The molecule has 5 fully saturated rings. The maximum absolute atomic E-state index is 12.3. The second-order valence-corrected chi connectivity index (χ2v) is 13.8. The fourth-order valence-electron chi connectivity index (χ4n) is 9.51. The number of esters is 1. The van der Waals surface area contributed by atoms with Crippen molar-refractivity contribution in [2.45, 2.75) is 76.9 Å². The van der Waals surface area contributed by atoms with Crippen LogP contribution in [0.2, 0.25) is 0 Å². The molecule has 0 amide bonds. The quantitative estimate of drug-likeness (QED) is 0.391. The molecule has 0 aromatic carbocycles. The molecule has 0 radical (unpaired) electrons. The molecule has 1 aliphatic heterocycles. The number of rotatable bonds is 3. The minimum atomic E-state index is -3.53. The molecule has 0 unspecified atom stereocenters. The van der Waals surface area contributed by atoms with Gasteiger partial charge in [-0.2, -0.15) is 8.42 Å². The van der Waals surface area contributed by atoms with Crippen molar-refractivity contribution in [3.05, 3.63) is 11.6 Å². The lowest BCUT2D eigenvalue weighted by Crippen LogP contribution is -2.58. The molecule has 4 saturated carbocycles. The van der Waals surface area contributed by atoms with E-state index in [1.807, 2.05) is 0 Å². The average Bonchev–Trinajstić information content (AvgIpc) is 3.35. The van der Waals surface area contributed by atoms with Gasteiger partial charge in [-0.1, -0.05) is 25.5 Å². The fourth-order valence-corrected chi connectivity index (χ4v) is 9.91. The van der Waals surface area contributed by atoms with Gasteiger partial charge in [0.25, 0.3) is 10.1 Å². The van der Waals surface area contributed by atoms with E-state index in [2.05, 4.69) is 19.9 Å². The first-order valence-corrected chi connectivity index (χ1v) is 14.3. The van der Waals surface area contributed by atoms with Crippen molar-refractivity contribution < 1.29 is 27.2 Å². The normalized spacial score (nSPS) is 53.7. The molecule has 0 bridgehead atoms. The Morgan fingerprint density at radius 1 is 1.19 bits per heavy atom. The lowest BCUT2D eigenvalue weighted by Gasteiger charge is -2.61. The molecule has 7 heteroatoms. The molecule has 178 valence electrons. The van der Waals surface area contributed by atoms with Crippen LogP contribution in [0.4, 0.5) is 0 Å². The number of fused-ring (bicyclic) bond motifs is 9. The van der Waals surface area contributed by atoms with Gasteiger partial charge in [-0.15, -0.1) is 0 Å². The van der Waals surface area contributed by atoms with Crippen molar-refractivity contribution in [1.29, 1.82) is 0 Å². The van der Waals surface area contributed by atoms with Gasteiger partial charge >= 0.3 is 5.97 Å². The maximum atomic E-state index is 12.3. The molecule has 1 N–H and O–H groups in total. The summed E-state index contributed by atoms with van der Waals surface area (Å²) < 4.78 is 35.4. The van der Waals surface area contributed by atoms with Crippen LogP contribution in [0, 0.1) is 46.3 Å². The summed E-state index contributed by atoms with van der Waals surface area (Å²) in [4.78, 5) is 12.3. The smallest absolute Gasteiger partial charge is 0.306 e. The molecular formula is C25H36O6S. The van der Waals surface area contributed by atoms with Gasteiger partial charge < -0.3 is 9.84 Å². The standard InChI is InChI=1S/C25H36O6S/c1-23-7-4-16(26)11-15(23)10-14(13-30-32(3,28)29)21-18(23)5-8-24(2)22(21)17-12-19(17)25(24)9-6-20(27)31-25/h10,14,16-19,21-22,26H,4-9,11-13H2,1-3H3/t14-,16+,17-,18+,19+,21-,22+,23+,24+,25+/m1/s1. The van der Waals surface area contributed by atoms with E-state index in [0.29, 0.717) is 42.4 Å². The summed E-state index contributed by atoms with van der Waals surface area (Å²) in [5.41, 5.74) is 0.989. The third kappa shape index (κ3) is 2.76. The number of hydrogen-bond donors (Lipinski definition) is 1. The second kappa shape index (κ2) is 6.60. The van der Waals surface area contributed by atoms with Crippen molar-refractivity contribution in [1.82, 2.24) is 0 Å². The first-order chi connectivity index (χ1) is 15.0. The number of aliphatic hydroxyl groups excluding tert-OH is 1. The van der Waals surface area contributed by atoms with Crippen LogP contribution in [-0.4, -0.2) is 44.1 Å². The second-order valence-electron chi connectivity index (χ2n) is 12.2. The summed E-state index contributed by atoms with van der Waals surface area (Å²) in [6.07, 6.45) is 10.2. The van der Waals surface area contributed by atoms with E-state index in [1.165, 1.54) is 5.57 Å². The minimum Gasteiger partial charge on any atom is -0.458 e. The molecular weight excluding hydrogens is 428 g/mol. The molecule has 0 aromatic rings. The van der Waals surface area contributed by atoms with Gasteiger partial charge in [-0.3, -0.25) is 8.98 Å². The molecule has 1 spiro atoms. The highest BCUT2D eigenvalue weighted by Gasteiger charge is 2.79. The summed E-state index contributed by atoms with van der Waals surface area (Å²) in [5.74, 6) is 2.20. The van der Waals surface area contributed by atoms with Crippen LogP contribution in [0.1, 0.15) is 65.2 Å². The van der Waals surface area contributed by atoms with E-state index in [4.69, 9.17) is 8.92 Å². The number of aliphatic hydroxyl groups is 1. The van der Waals surface area contributed by atoms with Crippen LogP contribution in [0.15, 0.2) is 11.6 Å². The van der Waals surface area contributed by atoms with E-state index in [9.17, 15) is 18.3 Å². The van der Waals surface area contributed by atoms with Crippen molar-refractivity contribution in [2.75, 3.05) is 12.9 Å². The van der Waals surface area contributed by atoms with Crippen LogP contribution >= 0.6 is 0 Å². The molecule has 5 aliphatic carbocycles. The molecule has 32 heavy (non-hydrogen) atoms. The van der Waals surface area contributed by atoms with Gasteiger partial charge in [0.05, 0.1) is 19.0 Å². The van der Waals surface area contributed by atoms with E-state index in [-0.39, 0.29) is 41.0 Å². The average molecular weight is 465 g/mol. The molecule has 10 atom stereocenters. The van der Waals surface area contributed by atoms with Crippen molar-refractivity contribution in [3.63, 3.8) is 0 Å². The van der Waals surface area contributed by atoms with Gasteiger partial charge in [-0.25, -0.2) is 0 Å². The summed E-state index contributed by atoms with van der Waals surface area (Å²) in [5, 5.41) is 10.4. The summed E-state index contributed by atoms with van der Waals surface area (Å²) in [6.45, 7) is 4.91. The van der Waals surface area contributed by atoms with Gasteiger partial charge in [0.1, 0.15) is 5.60 Å². The van der Waals surface area contributed by atoms with Gasteiger partial charge in [0.15, 0.2) is 0 Å². The third-order valence-electron chi connectivity index (χ3n) is 10.8. The SMILES string of the molecule is C[C@]12CC[C@H](O)CC1=C[C@H](COS(C)(=O)=O)[C@H]1[C@@H]3[C@@H]4C[C@@H]4[C@@]4(CCC(=O)O4)[C@@]3(C)CC[C@@H]12. The molecule has 6 aliphatic rings. The maximum Gasteiger partial charge on any atom is 0.306 e. The highest BCUT2D eigenvalue weighted by atomic mass is 32.2. The van der Waals surface area contributed by atoms with Crippen LogP contribution in [0.5, 0.6) is 0 Å². The largest absolute Gasteiger partial charge is 0.458 e. The summed E-state index contributed by atoms with van der Waals surface area (Å²) >= 11 is 0. The fraction of sp³-hybridized carbons (Fsp3) is 0.880. The third-order valence-corrected chi connectivity index (χ3v) is 11.4. The predicted octanol–water partition coefficient (Wildman–Crippen LogP) is 3.44. The number of hydrogen-bond acceptors (Lipinski definition) is 6. The van der Waals surface area contributed by atoms with Crippen LogP contribution in [-0.2, 0) is 23.8 Å². The van der Waals surface area contributed by atoms with E-state index in [1.54, 1.807) is 0 Å². The molecule has 6 rings (SSSR count). The summed E-state index contributed by atoms with van der Waals surface area (Å²) in [6, 6.07) is 0. The summed E-state index contributed by atoms with van der Waals surface area (Å²) in [7, 11) is -3.53. The Hall–Kier alpha value is -0.920. The van der Waals surface area contributed by atoms with E-state index >= 15 is 0 Å². The van der Waals surface area contributed by atoms with E-state index in [0.717, 1.165) is 44.8 Å². The highest BCUT2D eigenvalue weighted by Crippen LogP contribution is 2.79. The Morgan fingerprint density at radius 3 is 2.66 bits per heavy atom. The predicted molar refractivity (Wildman–Crippen MR) is 118 cm³/mol. The molecule has 1 saturated heterocycles. The number of carbonyl (C=O) groups is 1. The van der Waals surface area contributed by atoms with Gasteiger partial charge in [-0.05, 0) is 74.0 Å². The van der Waals surface area contributed by atoms with Crippen molar-refractivity contribution >= 4 is 16.1 Å². The monoisotopic (exact) mass is 464 g/mol. The zero-order valence-corrected chi connectivity index (χ0v) is 20.2. The Bertz CT molecular complexity index is 988. The first-order valence-electron chi connectivity index (χ1n) is 12.4. The van der Waals surface area contributed by atoms with Gasteiger partial charge in [0, 0.05) is 23.7 Å². The number of ether oxygens (including phenoxy) is 1. The highest BCUT2D eigenvalue weighted by molar-refractivity contribution is 7.85. The van der Waals surface area contributed by atoms with Crippen LogP contribution in [0.25, 0.3) is 0 Å². The number of carbonyl (C=O) groups excluding carboxylic acids is 1. The Morgan fingerprint density at radius 2 is 1.97 bits per heavy atom. The van der Waals surface area contributed by atoms with Crippen LogP contribution in [0.3, 0.4) is 0 Å². The minimum absolute atomic E-state index is 0.0150. The van der Waals surface area contributed by atoms with Gasteiger partial charge in [0.2, 0.25) is 0 Å². The topological polar surface area (TPSA) is 89.9 Å². The molecule has 0 aromatic heterocycles. The molecule has 1 heterocycles. The van der Waals surface area contributed by atoms with Crippen LogP contribution < -0.4 is 0 Å². The zero-order chi connectivity index (χ0) is 22.7.